The number of allylic oxidation sites excluding steroid dienone is 1. The number of esters is 1. The largest absolute Gasteiger partial charge is 0.493 e. The molecule has 1 aliphatic rings. The van der Waals surface area contributed by atoms with Crippen LogP contribution in [0.3, 0.4) is 0 Å². The quantitative estimate of drug-likeness (QED) is 0.741. The third kappa shape index (κ3) is 3.48. The van der Waals surface area contributed by atoms with Crippen molar-refractivity contribution in [3.05, 3.63) is 35.0 Å². The van der Waals surface area contributed by atoms with Gasteiger partial charge >= 0.3 is 5.97 Å². The molecule has 0 N–H and O–H groups in total. The molecule has 1 atom stereocenters. The Labute approximate surface area is 148 Å². The molecule has 0 saturated carbocycles. The van der Waals surface area contributed by atoms with E-state index >= 15 is 0 Å². The van der Waals surface area contributed by atoms with Crippen molar-refractivity contribution in [2.75, 3.05) is 27.4 Å². The second-order valence-corrected chi connectivity index (χ2v) is 5.70. The number of amides is 1. The molecule has 1 heterocycles. The first kappa shape index (κ1) is 18.8. The summed E-state index contributed by atoms with van der Waals surface area (Å²) in [4.78, 5) is 26.8. The van der Waals surface area contributed by atoms with E-state index in [-0.39, 0.29) is 18.9 Å². The summed E-state index contributed by atoms with van der Waals surface area (Å²) in [6, 6.07) is 5.46. The molecule has 25 heavy (non-hydrogen) atoms. The summed E-state index contributed by atoms with van der Waals surface area (Å²) < 4.78 is 16.1. The lowest BCUT2D eigenvalue weighted by molar-refractivity contribution is -0.140. The molecule has 136 valence electrons. The molecule has 0 fully saturated rings. The molecule has 0 bridgehead atoms. The molecule has 0 aliphatic carbocycles. The number of nitrogens with zero attached hydrogens (tertiary/aromatic N) is 1. The Balaban J connectivity index is 2.64. The topological polar surface area (TPSA) is 65.1 Å². The Morgan fingerprint density at radius 3 is 2.52 bits per heavy atom. The first-order valence-electron chi connectivity index (χ1n) is 8.39. The number of benzene rings is 1. The highest BCUT2D eigenvalue weighted by molar-refractivity contribution is 5.96. The number of hydrogen-bond donors (Lipinski definition) is 0. The van der Waals surface area contributed by atoms with Gasteiger partial charge in [0.05, 0.1) is 26.4 Å². The van der Waals surface area contributed by atoms with Crippen LogP contribution in [-0.4, -0.2) is 44.1 Å². The lowest BCUT2D eigenvalue weighted by Gasteiger charge is -2.34. The lowest BCUT2D eigenvalue weighted by atomic mass is 9.83. The molecule has 1 aliphatic heterocycles. The fourth-order valence-electron chi connectivity index (χ4n) is 3.34. The Morgan fingerprint density at radius 2 is 1.96 bits per heavy atom. The standard InChI is InChI=1S/C19H25NO5/c1-6-20-12(3)17(19(22)25-7-2)14(11-16(20)21)13-9-8-10-15(23-4)18(13)24-5/h8-10,14H,6-7,11H2,1-5H3. The average molecular weight is 347 g/mol. The van der Waals surface area contributed by atoms with Crippen molar-refractivity contribution < 1.29 is 23.8 Å². The summed E-state index contributed by atoms with van der Waals surface area (Å²) >= 11 is 0. The minimum absolute atomic E-state index is 0.0251. The van der Waals surface area contributed by atoms with Crippen molar-refractivity contribution >= 4 is 11.9 Å². The molecule has 6 nitrogen and oxygen atoms in total. The SMILES string of the molecule is CCOC(=O)C1=C(C)N(CC)C(=O)CC1c1cccc(OC)c1OC. The summed E-state index contributed by atoms with van der Waals surface area (Å²) in [7, 11) is 3.10. The molecule has 0 radical (unpaired) electrons. The highest BCUT2D eigenvalue weighted by atomic mass is 16.5. The van der Waals surface area contributed by atoms with E-state index in [1.165, 1.54) is 0 Å². The number of methoxy groups -OCH3 is 2. The summed E-state index contributed by atoms with van der Waals surface area (Å²) in [6.07, 6.45) is 0.183. The molecule has 0 aromatic heterocycles. The van der Waals surface area contributed by atoms with E-state index in [1.54, 1.807) is 39.0 Å². The molecular weight excluding hydrogens is 322 g/mol. The maximum Gasteiger partial charge on any atom is 0.336 e. The second-order valence-electron chi connectivity index (χ2n) is 5.70. The molecule has 0 spiro atoms. The molecular formula is C19H25NO5. The lowest BCUT2D eigenvalue weighted by Crippen LogP contribution is -2.38. The fraction of sp³-hybridized carbons (Fsp3) is 0.474. The van der Waals surface area contributed by atoms with Crippen LogP contribution in [0, 0.1) is 0 Å². The molecule has 6 heteroatoms. The average Bonchev–Trinajstić information content (AvgIpc) is 2.60. The number of para-hydroxylation sites is 1. The third-order valence-corrected chi connectivity index (χ3v) is 4.44. The van der Waals surface area contributed by atoms with Gasteiger partial charge in [0.1, 0.15) is 0 Å². The second kappa shape index (κ2) is 8.05. The Hall–Kier alpha value is -2.50. The van der Waals surface area contributed by atoms with Crippen LogP contribution in [0.25, 0.3) is 0 Å². The summed E-state index contributed by atoms with van der Waals surface area (Å²) in [5.74, 6) is 0.233. The van der Waals surface area contributed by atoms with Crippen molar-refractivity contribution in [3.63, 3.8) is 0 Å². The summed E-state index contributed by atoms with van der Waals surface area (Å²) in [5.41, 5.74) is 1.87. The minimum atomic E-state index is -0.431. The van der Waals surface area contributed by atoms with Gasteiger partial charge in [-0.3, -0.25) is 4.79 Å². The molecule has 1 aromatic rings. The van der Waals surface area contributed by atoms with Gasteiger partial charge in [-0.15, -0.1) is 0 Å². The molecule has 1 amide bonds. The Bertz CT molecular complexity index is 695. The summed E-state index contributed by atoms with van der Waals surface area (Å²) in [5, 5.41) is 0. The van der Waals surface area contributed by atoms with E-state index in [0.717, 1.165) is 5.56 Å². The number of carbonyl (C=O) groups is 2. The molecule has 0 saturated heterocycles. The van der Waals surface area contributed by atoms with Crippen molar-refractivity contribution in [2.24, 2.45) is 0 Å². The zero-order chi connectivity index (χ0) is 18.6. The zero-order valence-electron chi connectivity index (χ0n) is 15.4. The molecule has 1 unspecified atom stereocenters. The van der Waals surface area contributed by atoms with Gasteiger partial charge in [0, 0.05) is 30.1 Å². The Morgan fingerprint density at radius 1 is 1.24 bits per heavy atom. The van der Waals surface area contributed by atoms with Crippen molar-refractivity contribution in [2.45, 2.75) is 33.1 Å². The highest BCUT2D eigenvalue weighted by Crippen LogP contribution is 2.43. The van der Waals surface area contributed by atoms with E-state index in [1.807, 2.05) is 19.1 Å². The van der Waals surface area contributed by atoms with Gasteiger partial charge in [0.15, 0.2) is 11.5 Å². The fourth-order valence-corrected chi connectivity index (χ4v) is 3.34. The smallest absolute Gasteiger partial charge is 0.336 e. The summed E-state index contributed by atoms with van der Waals surface area (Å²) in [6.45, 7) is 6.22. The predicted molar refractivity (Wildman–Crippen MR) is 93.6 cm³/mol. The van der Waals surface area contributed by atoms with Gasteiger partial charge in [-0.1, -0.05) is 12.1 Å². The third-order valence-electron chi connectivity index (χ3n) is 4.44. The van der Waals surface area contributed by atoms with Crippen LogP contribution in [0.2, 0.25) is 0 Å². The molecule has 1 aromatic carbocycles. The monoisotopic (exact) mass is 347 g/mol. The van der Waals surface area contributed by atoms with Gasteiger partial charge in [-0.25, -0.2) is 4.79 Å². The number of ether oxygens (including phenoxy) is 3. The molecule has 2 rings (SSSR count). The van der Waals surface area contributed by atoms with Crippen molar-refractivity contribution in [3.8, 4) is 11.5 Å². The van der Waals surface area contributed by atoms with E-state index in [9.17, 15) is 9.59 Å². The van der Waals surface area contributed by atoms with Gasteiger partial charge < -0.3 is 19.1 Å². The van der Waals surface area contributed by atoms with Crippen LogP contribution in [0.4, 0.5) is 0 Å². The van der Waals surface area contributed by atoms with Crippen molar-refractivity contribution in [1.29, 1.82) is 0 Å². The van der Waals surface area contributed by atoms with Gasteiger partial charge in [-0.2, -0.15) is 0 Å². The van der Waals surface area contributed by atoms with E-state index in [2.05, 4.69) is 0 Å². The van der Waals surface area contributed by atoms with Crippen LogP contribution in [0.15, 0.2) is 29.5 Å². The van der Waals surface area contributed by atoms with Gasteiger partial charge in [0.2, 0.25) is 5.91 Å². The highest BCUT2D eigenvalue weighted by Gasteiger charge is 2.38. The van der Waals surface area contributed by atoms with E-state index in [0.29, 0.717) is 29.3 Å². The number of hydrogen-bond acceptors (Lipinski definition) is 5. The maximum absolute atomic E-state index is 12.6. The van der Waals surface area contributed by atoms with Crippen molar-refractivity contribution in [1.82, 2.24) is 4.90 Å². The minimum Gasteiger partial charge on any atom is -0.493 e. The van der Waals surface area contributed by atoms with Crippen LogP contribution in [0.5, 0.6) is 11.5 Å². The van der Waals surface area contributed by atoms with E-state index in [4.69, 9.17) is 14.2 Å². The Kier molecular flexibility index (Phi) is 6.07. The van der Waals surface area contributed by atoms with Crippen LogP contribution in [-0.2, 0) is 14.3 Å². The van der Waals surface area contributed by atoms with Crippen LogP contribution < -0.4 is 9.47 Å². The van der Waals surface area contributed by atoms with Gasteiger partial charge in [-0.05, 0) is 26.8 Å². The van der Waals surface area contributed by atoms with Crippen LogP contribution >= 0.6 is 0 Å². The predicted octanol–water partition coefficient (Wildman–Crippen LogP) is 2.88. The first-order chi connectivity index (χ1) is 12.0. The zero-order valence-corrected chi connectivity index (χ0v) is 15.4. The van der Waals surface area contributed by atoms with Crippen LogP contribution in [0.1, 0.15) is 38.7 Å². The number of carbonyl (C=O) groups excluding carboxylic acids is 2. The van der Waals surface area contributed by atoms with Gasteiger partial charge in [0.25, 0.3) is 0 Å². The van der Waals surface area contributed by atoms with E-state index < -0.39 is 11.9 Å². The maximum atomic E-state index is 12.6. The first-order valence-corrected chi connectivity index (χ1v) is 8.39. The normalized spacial score (nSPS) is 17.6. The number of rotatable bonds is 6.